The van der Waals surface area contributed by atoms with Crippen LogP contribution in [0.3, 0.4) is 0 Å². The van der Waals surface area contributed by atoms with Gasteiger partial charge in [-0.25, -0.2) is 4.79 Å². The van der Waals surface area contributed by atoms with Crippen LogP contribution in [0.25, 0.3) is 0 Å². The monoisotopic (exact) mass is 254 g/mol. The molecule has 1 fully saturated rings. The van der Waals surface area contributed by atoms with Crippen LogP contribution in [0.1, 0.15) is 0 Å². The molecule has 1 aliphatic rings. The minimum absolute atomic E-state index is 0.0994. The molecule has 0 radical (unpaired) electrons. The Morgan fingerprint density at radius 2 is 1.71 bits per heavy atom. The van der Waals surface area contributed by atoms with Gasteiger partial charge < -0.3 is 9.64 Å². The average Bonchev–Trinajstić information content (AvgIpc) is 2.26. The molecule has 0 aromatic rings. The van der Waals surface area contributed by atoms with Gasteiger partial charge in [0.05, 0.1) is 13.7 Å². The van der Waals surface area contributed by atoms with Crippen molar-refractivity contribution in [3.05, 3.63) is 0 Å². The third-order valence-electron chi connectivity index (χ3n) is 2.42. The lowest BCUT2D eigenvalue weighted by molar-refractivity contribution is -0.162. The first kappa shape index (κ1) is 13.8. The fourth-order valence-electron chi connectivity index (χ4n) is 1.58. The number of rotatable bonds is 1. The summed E-state index contributed by atoms with van der Waals surface area (Å²) in [6.07, 6.45) is -4.24. The predicted molar refractivity (Wildman–Crippen MR) is 51.1 cm³/mol. The molecule has 0 N–H and O–H groups in total. The molecule has 1 heterocycles. The normalized spacial score (nSPS) is 18.0. The molecular formula is C9H13F3N2O3. The van der Waals surface area contributed by atoms with E-state index in [4.69, 9.17) is 0 Å². The van der Waals surface area contributed by atoms with Crippen LogP contribution in [0.2, 0.25) is 0 Å². The average molecular weight is 254 g/mol. The standard InChI is InChI=1S/C9H13F3N2O3/c1-17-8(16)7(15)14-4-2-13(3-5-14)6-9(10,11)12/h2-6H2,1H3. The Morgan fingerprint density at radius 3 is 2.12 bits per heavy atom. The Hall–Kier alpha value is -1.31. The van der Waals surface area contributed by atoms with Crippen LogP contribution >= 0.6 is 0 Å². The van der Waals surface area contributed by atoms with Gasteiger partial charge in [-0.05, 0) is 0 Å². The van der Waals surface area contributed by atoms with E-state index in [1.54, 1.807) is 0 Å². The fraction of sp³-hybridized carbons (Fsp3) is 0.778. The molecule has 8 heteroatoms. The second kappa shape index (κ2) is 5.35. The van der Waals surface area contributed by atoms with Gasteiger partial charge in [-0.15, -0.1) is 0 Å². The van der Waals surface area contributed by atoms with E-state index in [1.807, 2.05) is 0 Å². The smallest absolute Gasteiger partial charge is 0.401 e. The molecule has 0 saturated carbocycles. The second-order valence-corrected chi connectivity index (χ2v) is 3.68. The summed E-state index contributed by atoms with van der Waals surface area (Å²) >= 11 is 0. The molecular weight excluding hydrogens is 241 g/mol. The summed E-state index contributed by atoms with van der Waals surface area (Å²) < 4.78 is 40.5. The van der Waals surface area contributed by atoms with Crippen molar-refractivity contribution >= 4 is 11.9 Å². The highest BCUT2D eigenvalue weighted by molar-refractivity contribution is 6.32. The van der Waals surface area contributed by atoms with Gasteiger partial charge in [-0.3, -0.25) is 9.69 Å². The Balaban J connectivity index is 2.41. The van der Waals surface area contributed by atoms with E-state index in [2.05, 4.69) is 4.74 Å². The van der Waals surface area contributed by atoms with Gasteiger partial charge in [0.2, 0.25) is 0 Å². The van der Waals surface area contributed by atoms with Crippen LogP contribution in [0.5, 0.6) is 0 Å². The summed E-state index contributed by atoms with van der Waals surface area (Å²) in [5, 5.41) is 0. The van der Waals surface area contributed by atoms with E-state index in [1.165, 1.54) is 9.80 Å². The molecule has 0 aromatic heterocycles. The van der Waals surface area contributed by atoms with Gasteiger partial charge in [0.25, 0.3) is 0 Å². The molecule has 0 spiro atoms. The minimum atomic E-state index is -4.24. The lowest BCUT2D eigenvalue weighted by Gasteiger charge is -2.34. The molecule has 1 amide bonds. The maximum absolute atomic E-state index is 12.1. The number of carbonyl (C=O) groups is 2. The number of carbonyl (C=O) groups excluding carboxylic acids is 2. The van der Waals surface area contributed by atoms with Gasteiger partial charge in [0.15, 0.2) is 0 Å². The van der Waals surface area contributed by atoms with Crippen molar-refractivity contribution in [3.8, 4) is 0 Å². The number of nitrogens with zero attached hydrogens (tertiary/aromatic N) is 2. The van der Waals surface area contributed by atoms with Gasteiger partial charge in [-0.1, -0.05) is 0 Å². The Morgan fingerprint density at radius 1 is 1.18 bits per heavy atom. The molecule has 1 aliphatic heterocycles. The number of piperazine rings is 1. The first-order valence-corrected chi connectivity index (χ1v) is 5.00. The molecule has 17 heavy (non-hydrogen) atoms. The third-order valence-corrected chi connectivity index (χ3v) is 2.42. The van der Waals surface area contributed by atoms with Gasteiger partial charge in [0.1, 0.15) is 0 Å². The minimum Gasteiger partial charge on any atom is -0.462 e. The molecule has 1 saturated heterocycles. The number of esters is 1. The summed E-state index contributed by atoms with van der Waals surface area (Å²) in [4.78, 5) is 24.6. The molecule has 1 rings (SSSR count). The van der Waals surface area contributed by atoms with Gasteiger partial charge in [0, 0.05) is 26.2 Å². The van der Waals surface area contributed by atoms with Crippen LogP contribution < -0.4 is 0 Å². The SMILES string of the molecule is COC(=O)C(=O)N1CCN(CC(F)(F)F)CC1. The number of alkyl halides is 3. The van der Waals surface area contributed by atoms with E-state index in [0.717, 1.165) is 7.11 Å². The molecule has 5 nitrogen and oxygen atoms in total. The fourth-order valence-corrected chi connectivity index (χ4v) is 1.58. The van der Waals surface area contributed by atoms with Crippen molar-refractivity contribution in [2.24, 2.45) is 0 Å². The summed E-state index contributed by atoms with van der Waals surface area (Å²) in [6.45, 7) is -0.591. The Bertz CT molecular complexity index is 298. The zero-order valence-corrected chi connectivity index (χ0v) is 9.29. The van der Waals surface area contributed by atoms with Crippen molar-refractivity contribution < 1.29 is 27.5 Å². The quantitative estimate of drug-likeness (QED) is 0.483. The van der Waals surface area contributed by atoms with Gasteiger partial charge in [-0.2, -0.15) is 13.2 Å². The Kier molecular flexibility index (Phi) is 4.33. The van der Waals surface area contributed by atoms with Crippen LogP contribution in [-0.2, 0) is 14.3 Å². The summed E-state index contributed by atoms with van der Waals surface area (Å²) in [5.74, 6) is -1.80. The van der Waals surface area contributed by atoms with E-state index in [-0.39, 0.29) is 26.2 Å². The van der Waals surface area contributed by atoms with E-state index >= 15 is 0 Å². The lowest BCUT2D eigenvalue weighted by Crippen LogP contribution is -2.52. The lowest BCUT2D eigenvalue weighted by atomic mass is 10.3. The highest BCUT2D eigenvalue weighted by atomic mass is 19.4. The predicted octanol–water partition coefficient (Wildman–Crippen LogP) is -0.134. The van der Waals surface area contributed by atoms with E-state index in [0.29, 0.717) is 0 Å². The summed E-state index contributed by atoms with van der Waals surface area (Å²) in [6, 6.07) is 0. The highest BCUT2D eigenvalue weighted by Crippen LogP contribution is 2.17. The van der Waals surface area contributed by atoms with E-state index < -0.39 is 24.6 Å². The number of amides is 1. The Labute approximate surface area is 96.1 Å². The number of hydrogen-bond acceptors (Lipinski definition) is 4. The number of ether oxygens (including phenoxy) is 1. The van der Waals surface area contributed by atoms with Crippen molar-refractivity contribution in [1.29, 1.82) is 0 Å². The number of halogens is 3. The van der Waals surface area contributed by atoms with Crippen LogP contribution in [0, 0.1) is 0 Å². The maximum atomic E-state index is 12.1. The van der Waals surface area contributed by atoms with E-state index in [9.17, 15) is 22.8 Å². The zero-order chi connectivity index (χ0) is 13.1. The molecule has 98 valence electrons. The number of methoxy groups -OCH3 is 1. The van der Waals surface area contributed by atoms with Gasteiger partial charge >= 0.3 is 18.1 Å². The van der Waals surface area contributed by atoms with Crippen molar-refractivity contribution in [1.82, 2.24) is 9.80 Å². The van der Waals surface area contributed by atoms with Crippen LogP contribution in [0.15, 0.2) is 0 Å². The number of hydrogen-bond donors (Lipinski definition) is 0. The molecule has 0 aromatic carbocycles. The molecule has 0 aliphatic carbocycles. The molecule has 0 bridgehead atoms. The summed E-state index contributed by atoms with van der Waals surface area (Å²) in [7, 11) is 1.08. The molecule has 0 atom stereocenters. The zero-order valence-electron chi connectivity index (χ0n) is 9.29. The maximum Gasteiger partial charge on any atom is 0.401 e. The largest absolute Gasteiger partial charge is 0.462 e. The molecule has 0 unspecified atom stereocenters. The first-order valence-electron chi connectivity index (χ1n) is 5.00. The summed E-state index contributed by atoms with van der Waals surface area (Å²) in [5.41, 5.74) is 0. The van der Waals surface area contributed by atoms with Crippen molar-refractivity contribution in [3.63, 3.8) is 0 Å². The second-order valence-electron chi connectivity index (χ2n) is 3.68. The third kappa shape index (κ3) is 4.22. The van der Waals surface area contributed by atoms with Crippen LogP contribution in [-0.4, -0.2) is 67.7 Å². The first-order chi connectivity index (χ1) is 7.83. The van der Waals surface area contributed by atoms with Crippen molar-refractivity contribution in [2.75, 3.05) is 39.8 Å². The van der Waals surface area contributed by atoms with Crippen molar-refractivity contribution in [2.45, 2.75) is 6.18 Å². The topological polar surface area (TPSA) is 49.9 Å². The van der Waals surface area contributed by atoms with Crippen LogP contribution in [0.4, 0.5) is 13.2 Å². The highest BCUT2D eigenvalue weighted by Gasteiger charge is 2.33.